The maximum Gasteiger partial charge on any atom is 0.282 e. The molecule has 0 unspecified atom stereocenters. The molecule has 0 radical (unpaired) electrons. The third-order valence-corrected chi connectivity index (χ3v) is 2.11. The quantitative estimate of drug-likeness (QED) is 0.734. The van der Waals surface area contributed by atoms with Crippen molar-refractivity contribution in [1.29, 1.82) is 0 Å². The van der Waals surface area contributed by atoms with E-state index in [1.807, 2.05) is 0 Å². The number of allylic oxidation sites excluding steroid dienone is 1. The second-order valence-electron chi connectivity index (χ2n) is 3.31. The molecule has 1 aliphatic heterocycles. The molecule has 76 valence electrons. The number of nitrogens with one attached hydrogen (secondary N) is 1. The van der Waals surface area contributed by atoms with Crippen molar-refractivity contribution < 1.29 is 13.6 Å². The Hall–Kier alpha value is -1.33. The minimum atomic E-state index is -2.72. The summed E-state index contributed by atoms with van der Waals surface area (Å²) >= 11 is 0. The fourth-order valence-corrected chi connectivity index (χ4v) is 1.19. The van der Waals surface area contributed by atoms with Crippen molar-refractivity contribution in [3.8, 4) is 0 Å². The highest BCUT2D eigenvalue weighted by molar-refractivity contribution is 5.95. The van der Waals surface area contributed by atoms with Gasteiger partial charge in [0.15, 0.2) is 0 Å². The van der Waals surface area contributed by atoms with Crippen LogP contribution in [0.15, 0.2) is 21.5 Å². The van der Waals surface area contributed by atoms with Crippen molar-refractivity contribution in [2.24, 2.45) is 10.2 Å². The van der Waals surface area contributed by atoms with Gasteiger partial charge in [-0.1, -0.05) is 0 Å². The summed E-state index contributed by atoms with van der Waals surface area (Å²) in [5.41, 5.74) is -0.477. The molecular weight excluding hydrogens is 192 g/mol. The van der Waals surface area contributed by atoms with Crippen molar-refractivity contribution in [2.45, 2.75) is 25.3 Å². The third-order valence-electron chi connectivity index (χ3n) is 2.11. The number of alkyl halides is 2. The van der Waals surface area contributed by atoms with Crippen molar-refractivity contribution >= 4 is 5.91 Å². The maximum atomic E-state index is 12.3. The van der Waals surface area contributed by atoms with Gasteiger partial charge in [0.2, 0.25) is 0 Å². The van der Waals surface area contributed by atoms with Crippen LogP contribution in [0.3, 0.4) is 0 Å². The molecule has 2 rings (SSSR count). The minimum Gasteiger partial charge on any atom is -0.349 e. The lowest BCUT2D eigenvalue weighted by molar-refractivity contribution is -0.117. The molecular formula is C8H9F2N3O. The van der Waals surface area contributed by atoms with E-state index in [9.17, 15) is 13.6 Å². The Kier molecular flexibility index (Phi) is 2.26. The average Bonchev–Trinajstić information content (AvgIpc) is 2.81. The maximum absolute atomic E-state index is 12.3. The van der Waals surface area contributed by atoms with Crippen molar-refractivity contribution in [3.63, 3.8) is 0 Å². The van der Waals surface area contributed by atoms with Crippen LogP contribution in [0.25, 0.3) is 0 Å². The van der Waals surface area contributed by atoms with Gasteiger partial charge in [-0.3, -0.25) is 4.79 Å². The fraction of sp³-hybridized carbons (Fsp3) is 0.625. The van der Waals surface area contributed by atoms with Gasteiger partial charge in [-0.15, -0.1) is 0 Å². The molecule has 4 nitrogen and oxygen atoms in total. The molecule has 1 saturated carbocycles. The first kappa shape index (κ1) is 9.23. The molecule has 2 aliphatic rings. The Bertz CT molecular complexity index is 321. The predicted octanol–water partition coefficient (Wildman–Crippen LogP) is 1.25. The Morgan fingerprint density at radius 2 is 2.21 bits per heavy atom. The van der Waals surface area contributed by atoms with Crippen LogP contribution in [0, 0.1) is 0 Å². The number of amides is 1. The standard InChI is InChI=1S/C8H9F2N3O/c9-7(10)6-5(3-11-13-6)8(14)12-4-1-2-4/h4,7H,1-3H2,(H,12,14). The number of azo groups is 1. The van der Waals surface area contributed by atoms with Crippen LogP contribution in [0.1, 0.15) is 12.8 Å². The predicted molar refractivity (Wildman–Crippen MR) is 43.9 cm³/mol. The van der Waals surface area contributed by atoms with E-state index in [1.54, 1.807) is 0 Å². The fourth-order valence-electron chi connectivity index (χ4n) is 1.19. The molecule has 1 amide bonds. The van der Waals surface area contributed by atoms with Crippen LogP contribution in [-0.2, 0) is 4.79 Å². The summed E-state index contributed by atoms with van der Waals surface area (Å²) < 4.78 is 24.6. The molecule has 6 heteroatoms. The summed E-state index contributed by atoms with van der Waals surface area (Å²) in [6.07, 6.45) is -0.865. The monoisotopic (exact) mass is 201 g/mol. The summed E-state index contributed by atoms with van der Waals surface area (Å²) in [5, 5.41) is 9.32. The van der Waals surface area contributed by atoms with Crippen molar-refractivity contribution in [2.75, 3.05) is 6.54 Å². The highest BCUT2D eigenvalue weighted by Gasteiger charge is 2.30. The number of halogens is 2. The van der Waals surface area contributed by atoms with Crippen LogP contribution >= 0.6 is 0 Å². The lowest BCUT2D eigenvalue weighted by atomic mass is 10.2. The summed E-state index contributed by atoms with van der Waals surface area (Å²) in [7, 11) is 0. The van der Waals surface area contributed by atoms with E-state index in [-0.39, 0.29) is 18.2 Å². The van der Waals surface area contributed by atoms with Crippen LogP contribution in [0.2, 0.25) is 0 Å². The molecule has 1 fully saturated rings. The highest BCUT2D eigenvalue weighted by Crippen LogP contribution is 2.24. The first-order valence-corrected chi connectivity index (χ1v) is 4.38. The SMILES string of the molecule is O=C(NC1CC1)C1=C(C(F)F)N=NC1. The summed E-state index contributed by atoms with van der Waals surface area (Å²) in [5.74, 6) is -0.451. The van der Waals surface area contributed by atoms with E-state index in [2.05, 4.69) is 15.5 Å². The topological polar surface area (TPSA) is 53.8 Å². The van der Waals surface area contributed by atoms with Gasteiger partial charge in [-0.25, -0.2) is 8.78 Å². The van der Waals surface area contributed by atoms with Gasteiger partial charge in [0.25, 0.3) is 12.3 Å². The molecule has 0 aromatic carbocycles. The van der Waals surface area contributed by atoms with Gasteiger partial charge in [0, 0.05) is 6.04 Å². The van der Waals surface area contributed by atoms with Gasteiger partial charge in [-0.05, 0) is 12.8 Å². The zero-order valence-electron chi connectivity index (χ0n) is 7.33. The normalized spacial score (nSPS) is 20.8. The smallest absolute Gasteiger partial charge is 0.282 e. The molecule has 14 heavy (non-hydrogen) atoms. The van der Waals surface area contributed by atoms with E-state index < -0.39 is 18.0 Å². The highest BCUT2D eigenvalue weighted by atomic mass is 19.3. The van der Waals surface area contributed by atoms with E-state index in [0.29, 0.717) is 0 Å². The molecule has 1 heterocycles. The zero-order chi connectivity index (χ0) is 10.1. The van der Waals surface area contributed by atoms with Crippen LogP contribution in [-0.4, -0.2) is 24.9 Å². The molecule has 0 saturated heterocycles. The van der Waals surface area contributed by atoms with E-state index in [4.69, 9.17) is 0 Å². The number of hydrogen-bond donors (Lipinski definition) is 1. The first-order valence-electron chi connectivity index (χ1n) is 4.38. The number of hydrogen-bond acceptors (Lipinski definition) is 3. The Morgan fingerprint density at radius 3 is 2.79 bits per heavy atom. The third kappa shape index (κ3) is 1.78. The summed E-state index contributed by atoms with van der Waals surface area (Å²) in [6.45, 7) is -0.0295. The van der Waals surface area contributed by atoms with Gasteiger partial charge in [0.1, 0.15) is 5.70 Å². The lowest BCUT2D eigenvalue weighted by Crippen LogP contribution is -2.28. The second kappa shape index (κ2) is 3.43. The number of rotatable bonds is 3. The Morgan fingerprint density at radius 1 is 1.50 bits per heavy atom. The van der Waals surface area contributed by atoms with Gasteiger partial charge in [0.05, 0.1) is 12.1 Å². The number of carbonyl (C=O) groups is 1. The molecule has 1 N–H and O–H groups in total. The van der Waals surface area contributed by atoms with Crippen LogP contribution < -0.4 is 5.32 Å². The zero-order valence-corrected chi connectivity index (χ0v) is 7.33. The Labute approximate surface area is 79.1 Å². The summed E-state index contributed by atoms with van der Waals surface area (Å²) in [4.78, 5) is 11.4. The van der Waals surface area contributed by atoms with Crippen LogP contribution in [0.5, 0.6) is 0 Å². The largest absolute Gasteiger partial charge is 0.349 e. The molecule has 0 aromatic rings. The molecule has 1 aliphatic carbocycles. The van der Waals surface area contributed by atoms with Gasteiger partial charge < -0.3 is 5.32 Å². The number of nitrogens with zero attached hydrogens (tertiary/aromatic N) is 2. The first-order chi connectivity index (χ1) is 6.68. The number of carbonyl (C=O) groups excluding carboxylic acids is 1. The van der Waals surface area contributed by atoms with Crippen molar-refractivity contribution in [1.82, 2.24) is 5.32 Å². The molecule has 0 aromatic heterocycles. The molecule has 0 bridgehead atoms. The summed E-state index contributed by atoms with van der Waals surface area (Å²) in [6, 6.07) is 0.162. The van der Waals surface area contributed by atoms with E-state index in [1.165, 1.54) is 0 Å². The second-order valence-corrected chi connectivity index (χ2v) is 3.31. The van der Waals surface area contributed by atoms with Gasteiger partial charge in [-0.2, -0.15) is 10.2 Å². The van der Waals surface area contributed by atoms with Gasteiger partial charge >= 0.3 is 0 Å². The van der Waals surface area contributed by atoms with E-state index >= 15 is 0 Å². The molecule has 0 atom stereocenters. The van der Waals surface area contributed by atoms with Crippen molar-refractivity contribution in [3.05, 3.63) is 11.3 Å². The average molecular weight is 201 g/mol. The van der Waals surface area contributed by atoms with E-state index in [0.717, 1.165) is 12.8 Å². The Balaban J connectivity index is 2.07. The molecule has 0 spiro atoms. The van der Waals surface area contributed by atoms with Crippen LogP contribution in [0.4, 0.5) is 8.78 Å². The lowest BCUT2D eigenvalue weighted by Gasteiger charge is -2.04. The minimum absolute atomic E-state index is 0.00639.